The van der Waals surface area contributed by atoms with Crippen LogP contribution >= 0.6 is 0 Å². The molecular weight excluding hydrogens is 345 g/mol. The van der Waals surface area contributed by atoms with Crippen molar-refractivity contribution in [2.24, 2.45) is 0 Å². The van der Waals surface area contributed by atoms with Crippen LogP contribution in [-0.4, -0.2) is 55.8 Å². The van der Waals surface area contributed by atoms with Crippen molar-refractivity contribution in [2.75, 3.05) is 43.9 Å². The molecule has 8 nitrogen and oxygen atoms in total. The minimum atomic E-state index is -1.35. The summed E-state index contributed by atoms with van der Waals surface area (Å²) in [5.74, 6) is -1.71. The average molecular weight is 363 g/mol. The second kappa shape index (κ2) is 5.87. The summed E-state index contributed by atoms with van der Waals surface area (Å²) in [6, 6.07) is 1.10. The monoisotopic (exact) mass is 363 g/mol. The quantitative estimate of drug-likeness (QED) is 0.870. The summed E-state index contributed by atoms with van der Waals surface area (Å²) in [5.41, 5.74) is -0.497. The van der Waals surface area contributed by atoms with Crippen molar-refractivity contribution in [1.29, 1.82) is 0 Å². The molecule has 3 heterocycles. The Kier molecular flexibility index (Phi) is 3.76. The Hall–Kier alpha value is -2.81. The zero-order valence-corrected chi connectivity index (χ0v) is 14.4. The van der Waals surface area contributed by atoms with Crippen molar-refractivity contribution >= 4 is 22.6 Å². The third kappa shape index (κ3) is 2.31. The summed E-state index contributed by atoms with van der Waals surface area (Å²) < 4.78 is 27.6. The lowest BCUT2D eigenvalue weighted by Crippen LogP contribution is -2.40. The van der Waals surface area contributed by atoms with Gasteiger partial charge in [0.1, 0.15) is 16.8 Å². The number of pyridine rings is 1. The summed E-state index contributed by atoms with van der Waals surface area (Å²) in [4.78, 5) is 25.8. The van der Waals surface area contributed by atoms with Gasteiger partial charge in [-0.05, 0) is 12.5 Å². The molecule has 138 valence electrons. The second-order valence-electron chi connectivity index (χ2n) is 6.48. The maximum Gasteiger partial charge on any atom is 0.341 e. The van der Waals surface area contributed by atoms with Crippen LogP contribution in [0.2, 0.25) is 0 Å². The van der Waals surface area contributed by atoms with Crippen LogP contribution < -0.4 is 20.1 Å². The molecule has 1 aromatic heterocycles. The molecule has 1 unspecified atom stereocenters. The Labute approximate surface area is 147 Å². The molecule has 0 aliphatic carbocycles. The molecular formula is C17H18FN3O5. The van der Waals surface area contributed by atoms with E-state index < -0.39 is 22.8 Å². The fourth-order valence-electron chi connectivity index (χ4n) is 3.59. The first kappa shape index (κ1) is 16.6. The minimum absolute atomic E-state index is 0.000130. The number of anilines is 1. The third-order valence-corrected chi connectivity index (χ3v) is 4.94. The zero-order valence-electron chi connectivity index (χ0n) is 14.4. The lowest BCUT2D eigenvalue weighted by molar-refractivity contribution is 0.0694. The van der Waals surface area contributed by atoms with Crippen LogP contribution in [0, 0.1) is 5.82 Å². The lowest BCUT2D eigenvalue weighted by Gasteiger charge is -2.33. The van der Waals surface area contributed by atoms with Gasteiger partial charge in [0.05, 0.1) is 11.5 Å². The van der Waals surface area contributed by atoms with Crippen LogP contribution in [0.5, 0.6) is 5.75 Å². The van der Waals surface area contributed by atoms with E-state index in [0.29, 0.717) is 18.6 Å². The fraction of sp³-hybridized carbons (Fsp3) is 0.412. The third-order valence-electron chi connectivity index (χ3n) is 4.94. The van der Waals surface area contributed by atoms with Gasteiger partial charge in [0.25, 0.3) is 0 Å². The molecule has 2 aromatic rings. The van der Waals surface area contributed by atoms with Gasteiger partial charge in [-0.1, -0.05) is 0 Å². The number of carboxylic acids is 1. The number of nitrogens with zero attached hydrogens (tertiary/aromatic N) is 3. The predicted molar refractivity (Wildman–Crippen MR) is 92.4 cm³/mol. The van der Waals surface area contributed by atoms with E-state index in [1.807, 2.05) is 4.90 Å². The number of carbonyl (C=O) groups is 1. The van der Waals surface area contributed by atoms with E-state index in [1.54, 1.807) is 19.2 Å². The molecule has 0 bridgehead atoms. The Bertz CT molecular complexity index is 973. The van der Waals surface area contributed by atoms with Crippen molar-refractivity contribution in [2.45, 2.75) is 12.5 Å². The number of hydrogen-bond acceptors (Lipinski definition) is 6. The zero-order chi connectivity index (χ0) is 18.6. The number of methoxy groups -OCH3 is 1. The van der Waals surface area contributed by atoms with Gasteiger partial charge < -0.3 is 19.5 Å². The van der Waals surface area contributed by atoms with Crippen molar-refractivity contribution in [3.63, 3.8) is 0 Å². The Morgan fingerprint density at radius 2 is 2.23 bits per heavy atom. The summed E-state index contributed by atoms with van der Waals surface area (Å²) in [5, 5.41) is 10.9. The van der Waals surface area contributed by atoms with Gasteiger partial charge in [-0.2, -0.15) is 0 Å². The molecule has 9 heteroatoms. The summed E-state index contributed by atoms with van der Waals surface area (Å²) in [6.07, 6.45) is 2.01. The number of halogens is 1. The van der Waals surface area contributed by atoms with Gasteiger partial charge >= 0.3 is 5.97 Å². The molecule has 2 aliphatic rings. The highest BCUT2D eigenvalue weighted by Crippen LogP contribution is 2.41. The largest absolute Gasteiger partial charge is 0.477 e. The molecule has 1 N–H and O–H groups in total. The fourth-order valence-corrected chi connectivity index (χ4v) is 3.59. The van der Waals surface area contributed by atoms with Crippen LogP contribution in [0.15, 0.2) is 17.1 Å². The Morgan fingerprint density at radius 1 is 1.46 bits per heavy atom. The molecule has 0 spiro atoms. The highest BCUT2D eigenvalue weighted by Gasteiger charge is 2.32. The number of aromatic carboxylic acids is 1. The predicted octanol–water partition coefficient (Wildman–Crippen LogP) is 0.982. The molecule has 0 radical (unpaired) electrons. The highest BCUT2D eigenvalue weighted by atomic mass is 19.1. The number of hydrogen-bond donors (Lipinski definition) is 1. The minimum Gasteiger partial charge on any atom is -0.477 e. The van der Waals surface area contributed by atoms with E-state index in [2.05, 4.69) is 0 Å². The molecule has 1 atom stereocenters. The second-order valence-corrected chi connectivity index (χ2v) is 6.48. The Morgan fingerprint density at radius 3 is 2.88 bits per heavy atom. The summed E-state index contributed by atoms with van der Waals surface area (Å²) >= 11 is 0. The van der Waals surface area contributed by atoms with Gasteiger partial charge in [0, 0.05) is 33.4 Å². The number of rotatable bonds is 3. The normalized spacial score (nSPS) is 19.1. The van der Waals surface area contributed by atoms with E-state index >= 15 is 0 Å². The smallest absolute Gasteiger partial charge is 0.341 e. The van der Waals surface area contributed by atoms with Gasteiger partial charge in [-0.25, -0.2) is 9.18 Å². The summed E-state index contributed by atoms with van der Waals surface area (Å²) in [7, 11) is 3.31. The van der Waals surface area contributed by atoms with Crippen LogP contribution in [0.25, 0.3) is 10.9 Å². The molecule has 26 heavy (non-hydrogen) atoms. The maximum absolute atomic E-state index is 14.9. The van der Waals surface area contributed by atoms with Gasteiger partial charge in [-0.3, -0.25) is 14.5 Å². The molecule has 0 amide bonds. The Balaban J connectivity index is 2.01. The van der Waals surface area contributed by atoms with Gasteiger partial charge in [-0.15, -0.1) is 0 Å². The molecule has 2 aliphatic heterocycles. The van der Waals surface area contributed by atoms with Crippen LogP contribution in [0.3, 0.4) is 0 Å². The SMILES string of the molecule is COC1CCN(c2c(F)cc3c(=O)c(C(=O)O)cn4c3c2OCN4C)C1. The van der Waals surface area contributed by atoms with Crippen molar-refractivity contribution in [1.82, 2.24) is 4.68 Å². The summed E-state index contributed by atoms with van der Waals surface area (Å²) in [6.45, 7) is 1.22. The maximum atomic E-state index is 14.9. The van der Waals surface area contributed by atoms with E-state index in [0.717, 1.165) is 12.5 Å². The number of ether oxygens (including phenoxy) is 2. The van der Waals surface area contributed by atoms with E-state index in [9.17, 15) is 19.1 Å². The number of carboxylic acid groups (broad SMARTS) is 1. The lowest BCUT2D eigenvalue weighted by atomic mass is 10.1. The molecule has 1 aromatic carbocycles. The highest BCUT2D eigenvalue weighted by molar-refractivity contribution is 5.97. The van der Waals surface area contributed by atoms with Crippen molar-refractivity contribution in [3.05, 3.63) is 33.9 Å². The van der Waals surface area contributed by atoms with E-state index in [4.69, 9.17) is 9.47 Å². The first-order valence-electron chi connectivity index (χ1n) is 8.19. The van der Waals surface area contributed by atoms with Gasteiger partial charge in [0.15, 0.2) is 18.3 Å². The molecule has 1 fully saturated rings. The van der Waals surface area contributed by atoms with Crippen molar-refractivity contribution < 1.29 is 23.8 Å². The molecule has 1 saturated heterocycles. The van der Waals surface area contributed by atoms with Gasteiger partial charge in [0.2, 0.25) is 5.43 Å². The first-order valence-corrected chi connectivity index (χ1v) is 8.19. The van der Waals surface area contributed by atoms with Crippen molar-refractivity contribution in [3.8, 4) is 5.75 Å². The number of benzene rings is 1. The van der Waals surface area contributed by atoms with E-state index in [-0.39, 0.29) is 29.7 Å². The topological polar surface area (TPSA) is 84.2 Å². The van der Waals surface area contributed by atoms with Crippen LogP contribution in [0.4, 0.5) is 10.1 Å². The molecule has 4 rings (SSSR count). The first-order chi connectivity index (χ1) is 12.4. The van der Waals surface area contributed by atoms with Crippen LogP contribution in [-0.2, 0) is 4.74 Å². The van der Waals surface area contributed by atoms with Crippen LogP contribution in [0.1, 0.15) is 16.8 Å². The number of aromatic nitrogens is 1. The average Bonchev–Trinajstić information content (AvgIpc) is 3.07. The standard InChI is InChI=1S/C17H18FN3O5/c1-19-8-26-16-13-10(15(22)11(17(23)24)7-21(13)19)5-12(18)14(16)20-4-3-9(6-20)25-2/h5,7,9H,3-4,6,8H2,1-2H3,(H,23,24). The van der Waals surface area contributed by atoms with E-state index in [1.165, 1.54) is 10.9 Å². The molecule has 0 saturated carbocycles.